The SMILES string of the molecule is CC(C)N1CC(CNC(=O)C2CSCN2)CC1=O. The lowest BCUT2D eigenvalue weighted by atomic mass is 10.1. The van der Waals surface area contributed by atoms with Gasteiger partial charge in [-0.05, 0) is 13.8 Å². The molecule has 2 rings (SSSR count). The van der Waals surface area contributed by atoms with Crippen LogP contribution in [0.1, 0.15) is 20.3 Å². The van der Waals surface area contributed by atoms with Crippen molar-refractivity contribution >= 4 is 23.6 Å². The minimum atomic E-state index is -0.0618. The summed E-state index contributed by atoms with van der Waals surface area (Å²) in [6.07, 6.45) is 0.561. The van der Waals surface area contributed by atoms with Crippen molar-refractivity contribution in [3.8, 4) is 0 Å². The number of hydrogen-bond donors (Lipinski definition) is 2. The molecule has 0 saturated carbocycles. The van der Waals surface area contributed by atoms with Gasteiger partial charge in [-0.3, -0.25) is 14.9 Å². The highest BCUT2D eigenvalue weighted by molar-refractivity contribution is 7.99. The van der Waals surface area contributed by atoms with Crippen LogP contribution in [0.4, 0.5) is 0 Å². The number of amides is 2. The van der Waals surface area contributed by atoms with Gasteiger partial charge in [-0.15, -0.1) is 11.8 Å². The van der Waals surface area contributed by atoms with Crippen LogP contribution in [0.25, 0.3) is 0 Å². The van der Waals surface area contributed by atoms with Crippen LogP contribution in [0, 0.1) is 5.92 Å². The summed E-state index contributed by atoms with van der Waals surface area (Å²) in [6.45, 7) is 5.43. The third-order valence-electron chi connectivity index (χ3n) is 3.46. The zero-order valence-electron chi connectivity index (χ0n) is 10.9. The molecule has 0 aromatic heterocycles. The molecule has 0 aromatic carbocycles. The standard InChI is InChI=1S/C12H21N3O2S/c1-8(2)15-5-9(3-11(15)16)4-13-12(17)10-6-18-7-14-10/h8-10,14H,3-7H2,1-2H3,(H,13,17). The van der Waals surface area contributed by atoms with Crippen molar-refractivity contribution in [2.24, 2.45) is 5.92 Å². The maximum Gasteiger partial charge on any atom is 0.238 e. The molecule has 0 aliphatic carbocycles. The first-order valence-corrected chi connectivity index (χ1v) is 7.61. The number of nitrogens with zero attached hydrogens (tertiary/aromatic N) is 1. The number of likely N-dealkylation sites (tertiary alicyclic amines) is 1. The number of thioether (sulfide) groups is 1. The van der Waals surface area contributed by atoms with Gasteiger partial charge in [0.25, 0.3) is 0 Å². The first kappa shape index (κ1) is 13.7. The molecule has 18 heavy (non-hydrogen) atoms. The molecule has 0 bridgehead atoms. The Hall–Kier alpha value is -0.750. The van der Waals surface area contributed by atoms with Crippen molar-refractivity contribution in [3.63, 3.8) is 0 Å². The van der Waals surface area contributed by atoms with Gasteiger partial charge in [-0.1, -0.05) is 0 Å². The van der Waals surface area contributed by atoms with Crippen LogP contribution in [0.5, 0.6) is 0 Å². The Morgan fingerprint density at radius 3 is 2.94 bits per heavy atom. The highest BCUT2D eigenvalue weighted by Gasteiger charge is 2.31. The minimum Gasteiger partial charge on any atom is -0.354 e. The molecule has 6 heteroatoms. The van der Waals surface area contributed by atoms with Crippen molar-refractivity contribution in [3.05, 3.63) is 0 Å². The van der Waals surface area contributed by atoms with Crippen LogP contribution in [0.15, 0.2) is 0 Å². The predicted octanol–water partition coefficient (Wildman–Crippen LogP) is 0.0220. The highest BCUT2D eigenvalue weighted by Crippen LogP contribution is 2.19. The Morgan fingerprint density at radius 1 is 1.61 bits per heavy atom. The third kappa shape index (κ3) is 3.17. The number of carbonyl (C=O) groups is 2. The lowest BCUT2D eigenvalue weighted by Crippen LogP contribution is -2.44. The first-order chi connectivity index (χ1) is 8.58. The van der Waals surface area contributed by atoms with E-state index in [9.17, 15) is 9.59 Å². The fourth-order valence-corrected chi connectivity index (χ4v) is 3.32. The van der Waals surface area contributed by atoms with Crippen LogP contribution in [-0.4, -0.2) is 53.5 Å². The molecule has 2 unspecified atom stereocenters. The summed E-state index contributed by atoms with van der Waals surface area (Å²) >= 11 is 1.74. The second-order valence-corrected chi connectivity index (χ2v) is 6.26. The van der Waals surface area contributed by atoms with E-state index in [1.807, 2.05) is 18.7 Å². The Morgan fingerprint density at radius 2 is 2.39 bits per heavy atom. The number of hydrogen-bond acceptors (Lipinski definition) is 4. The molecule has 102 valence electrons. The van der Waals surface area contributed by atoms with Crippen LogP contribution in [0.3, 0.4) is 0 Å². The summed E-state index contributed by atoms with van der Waals surface area (Å²) in [6, 6.07) is 0.194. The lowest BCUT2D eigenvalue weighted by Gasteiger charge is -2.21. The largest absolute Gasteiger partial charge is 0.354 e. The Bertz CT molecular complexity index is 329. The van der Waals surface area contributed by atoms with Gasteiger partial charge in [0.05, 0.1) is 6.04 Å². The van der Waals surface area contributed by atoms with Gasteiger partial charge >= 0.3 is 0 Å². The van der Waals surface area contributed by atoms with E-state index < -0.39 is 0 Å². The summed E-state index contributed by atoms with van der Waals surface area (Å²) in [4.78, 5) is 25.4. The normalized spacial score (nSPS) is 28.2. The molecule has 2 fully saturated rings. The van der Waals surface area contributed by atoms with Gasteiger partial charge in [-0.25, -0.2) is 0 Å². The van der Waals surface area contributed by atoms with E-state index in [2.05, 4.69) is 10.6 Å². The van der Waals surface area contributed by atoms with Gasteiger partial charge in [0.2, 0.25) is 11.8 Å². The van der Waals surface area contributed by atoms with Crippen LogP contribution >= 0.6 is 11.8 Å². The second kappa shape index (κ2) is 5.93. The molecule has 2 atom stereocenters. The maximum atomic E-state index is 11.8. The molecule has 2 aliphatic rings. The summed E-state index contributed by atoms with van der Waals surface area (Å²) in [5, 5.41) is 6.09. The van der Waals surface area contributed by atoms with Crippen molar-refractivity contribution in [1.82, 2.24) is 15.5 Å². The zero-order valence-corrected chi connectivity index (χ0v) is 11.8. The molecule has 2 heterocycles. The molecule has 0 aromatic rings. The first-order valence-electron chi connectivity index (χ1n) is 6.46. The van der Waals surface area contributed by atoms with Gasteiger partial charge in [-0.2, -0.15) is 0 Å². The average Bonchev–Trinajstić information content (AvgIpc) is 2.94. The van der Waals surface area contributed by atoms with Crippen molar-refractivity contribution in [1.29, 1.82) is 0 Å². The fraction of sp³-hybridized carbons (Fsp3) is 0.833. The molecule has 5 nitrogen and oxygen atoms in total. The Labute approximate surface area is 112 Å². The van der Waals surface area contributed by atoms with Crippen LogP contribution in [0.2, 0.25) is 0 Å². The topological polar surface area (TPSA) is 61.4 Å². The average molecular weight is 271 g/mol. The molecule has 2 amide bonds. The van der Waals surface area contributed by atoms with Crippen molar-refractivity contribution < 1.29 is 9.59 Å². The summed E-state index contributed by atoms with van der Waals surface area (Å²) in [5.74, 6) is 2.22. The Kier molecular flexibility index (Phi) is 4.50. The second-order valence-electron chi connectivity index (χ2n) is 5.23. The summed E-state index contributed by atoms with van der Waals surface area (Å²) < 4.78 is 0. The van der Waals surface area contributed by atoms with Crippen LogP contribution in [-0.2, 0) is 9.59 Å². The lowest BCUT2D eigenvalue weighted by molar-refractivity contribution is -0.129. The van der Waals surface area contributed by atoms with Gasteiger partial charge in [0.1, 0.15) is 0 Å². The Balaban J connectivity index is 1.74. The molecular weight excluding hydrogens is 250 g/mol. The van der Waals surface area contributed by atoms with Crippen LogP contribution < -0.4 is 10.6 Å². The van der Waals surface area contributed by atoms with E-state index in [0.717, 1.165) is 18.2 Å². The summed E-state index contributed by atoms with van der Waals surface area (Å²) in [7, 11) is 0. The smallest absolute Gasteiger partial charge is 0.238 e. The minimum absolute atomic E-state index is 0.0618. The molecule has 2 aliphatic heterocycles. The molecule has 0 radical (unpaired) electrons. The third-order valence-corrected chi connectivity index (χ3v) is 4.40. The maximum absolute atomic E-state index is 11.8. The van der Waals surface area contributed by atoms with E-state index in [-0.39, 0.29) is 29.8 Å². The van der Waals surface area contributed by atoms with E-state index in [0.29, 0.717) is 13.0 Å². The van der Waals surface area contributed by atoms with E-state index >= 15 is 0 Å². The van der Waals surface area contributed by atoms with Crippen molar-refractivity contribution in [2.45, 2.75) is 32.4 Å². The van der Waals surface area contributed by atoms with Gasteiger partial charge in [0, 0.05) is 43.1 Å². The van der Waals surface area contributed by atoms with E-state index in [1.54, 1.807) is 11.8 Å². The zero-order chi connectivity index (χ0) is 13.1. The van der Waals surface area contributed by atoms with Gasteiger partial charge in [0.15, 0.2) is 0 Å². The molecule has 2 N–H and O–H groups in total. The number of rotatable bonds is 4. The molecule has 0 spiro atoms. The molecular formula is C12H21N3O2S. The number of nitrogens with one attached hydrogen (secondary N) is 2. The molecule has 2 saturated heterocycles. The summed E-state index contributed by atoms with van der Waals surface area (Å²) in [5.41, 5.74) is 0. The number of carbonyl (C=O) groups excluding carboxylic acids is 2. The predicted molar refractivity (Wildman–Crippen MR) is 72.2 cm³/mol. The van der Waals surface area contributed by atoms with Crippen molar-refractivity contribution in [2.75, 3.05) is 24.7 Å². The monoisotopic (exact) mass is 271 g/mol. The highest BCUT2D eigenvalue weighted by atomic mass is 32.2. The van der Waals surface area contributed by atoms with E-state index in [1.165, 1.54) is 0 Å². The fourth-order valence-electron chi connectivity index (χ4n) is 2.38. The quantitative estimate of drug-likeness (QED) is 0.757. The van der Waals surface area contributed by atoms with E-state index in [4.69, 9.17) is 0 Å². The van der Waals surface area contributed by atoms with Gasteiger partial charge < -0.3 is 10.2 Å².